The van der Waals surface area contributed by atoms with Gasteiger partial charge in [0, 0.05) is 24.4 Å². The number of fused-ring (bicyclic) bond motifs is 1. The summed E-state index contributed by atoms with van der Waals surface area (Å²) in [7, 11) is 0. The fourth-order valence-corrected chi connectivity index (χ4v) is 2.98. The molecule has 2 aliphatic rings. The van der Waals surface area contributed by atoms with Gasteiger partial charge in [-0.15, -0.1) is 0 Å². The Labute approximate surface area is 97.8 Å². The van der Waals surface area contributed by atoms with Crippen LogP contribution in [0.4, 0.5) is 0 Å². The molecule has 1 saturated heterocycles. The molecule has 3 unspecified atom stereocenters. The van der Waals surface area contributed by atoms with Crippen molar-refractivity contribution in [3.8, 4) is 0 Å². The molecule has 3 atom stereocenters. The molecule has 3 heteroatoms. The van der Waals surface area contributed by atoms with Gasteiger partial charge in [0.25, 0.3) is 0 Å². The lowest BCUT2D eigenvalue weighted by molar-refractivity contribution is -0.139. The van der Waals surface area contributed by atoms with E-state index in [2.05, 4.69) is 6.92 Å². The lowest BCUT2D eigenvalue weighted by Gasteiger charge is -2.29. The van der Waals surface area contributed by atoms with Gasteiger partial charge >= 0.3 is 0 Å². The highest BCUT2D eigenvalue weighted by Crippen LogP contribution is 2.39. The van der Waals surface area contributed by atoms with Crippen LogP contribution in [0, 0.1) is 17.3 Å². The molecule has 0 radical (unpaired) electrons. The lowest BCUT2D eigenvalue weighted by atomic mass is 9.88. The van der Waals surface area contributed by atoms with E-state index in [0.717, 1.165) is 32.4 Å². The SMILES string of the molecule is CCC(C)(C)C(=O)N1CC2CCC(O)C2C1. The van der Waals surface area contributed by atoms with Gasteiger partial charge in [0.15, 0.2) is 0 Å². The number of aliphatic hydroxyl groups is 1. The molecule has 0 bridgehead atoms. The Kier molecular flexibility index (Phi) is 2.99. The van der Waals surface area contributed by atoms with Crippen LogP contribution in [0.1, 0.15) is 40.0 Å². The largest absolute Gasteiger partial charge is 0.393 e. The number of rotatable bonds is 2. The van der Waals surface area contributed by atoms with E-state index in [0.29, 0.717) is 11.8 Å². The second-order valence-electron chi connectivity index (χ2n) is 6.02. The molecule has 0 aromatic rings. The topological polar surface area (TPSA) is 40.5 Å². The predicted molar refractivity (Wildman–Crippen MR) is 62.9 cm³/mol. The number of nitrogens with zero attached hydrogens (tertiary/aromatic N) is 1. The van der Waals surface area contributed by atoms with Crippen LogP contribution in [0.2, 0.25) is 0 Å². The van der Waals surface area contributed by atoms with Gasteiger partial charge in [-0.2, -0.15) is 0 Å². The Bertz CT molecular complexity index is 288. The molecule has 3 nitrogen and oxygen atoms in total. The van der Waals surface area contributed by atoms with Crippen LogP contribution in [-0.4, -0.2) is 35.1 Å². The Balaban J connectivity index is 2.02. The number of carbonyl (C=O) groups excluding carboxylic acids is 1. The Morgan fingerprint density at radius 1 is 1.38 bits per heavy atom. The van der Waals surface area contributed by atoms with Crippen LogP contribution in [0.15, 0.2) is 0 Å². The fraction of sp³-hybridized carbons (Fsp3) is 0.923. The molecule has 2 rings (SSSR count). The van der Waals surface area contributed by atoms with Gasteiger partial charge in [0.05, 0.1) is 6.10 Å². The third-order valence-electron chi connectivity index (χ3n) is 4.57. The van der Waals surface area contributed by atoms with Crippen LogP contribution >= 0.6 is 0 Å². The standard InChI is InChI=1S/C13H23NO2/c1-4-13(2,3)12(16)14-7-9-5-6-11(15)10(9)8-14/h9-11,15H,4-8H2,1-3H3. The third kappa shape index (κ3) is 1.86. The van der Waals surface area contributed by atoms with Crippen molar-refractivity contribution in [3.63, 3.8) is 0 Å². The van der Waals surface area contributed by atoms with E-state index >= 15 is 0 Å². The van der Waals surface area contributed by atoms with E-state index in [1.54, 1.807) is 0 Å². The maximum atomic E-state index is 12.3. The molecule has 0 aromatic carbocycles. The first kappa shape index (κ1) is 11.9. The van der Waals surface area contributed by atoms with Gasteiger partial charge in [0.2, 0.25) is 5.91 Å². The van der Waals surface area contributed by atoms with Gasteiger partial charge in [-0.05, 0) is 25.2 Å². The first-order valence-electron chi connectivity index (χ1n) is 6.43. The van der Waals surface area contributed by atoms with E-state index < -0.39 is 0 Å². The summed E-state index contributed by atoms with van der Waals surface area (Å²) in [6.45, 7) is 7.72. The highest BCUT2D eigenvalue weighted by molar-refractivity contribution is 5.82. The molecule has 1 amide bonds. The summed E-state index contributed by atoms with van der Waals surface area (Å²) < 4.78 is 0. The van der Waals surface area contributed by atoms with Crippen LogP contribution in [0.25, 0.3) is 0 Å². The van der Waals surface area contributed by atoms with Crippen molar-refractivity contribution in [1.29, 1.82) is 0 Å². The van der Waals surface area contributed by atoms with Crippen LogP contribution in [0.5, 0.6) is 0 Å². The molecule has 1 saturated carbocycles. The number of amides is 1. The maximum absolute atomic E-state index is 12.3. The van der Waals surface area contributed by atoms with Crippen LogP contribution in [-0.2, 0) is 4.79 Å². The Morgan fingerprint density at radius 2 is 2.06 bits per heavy atom. The summed E-state index contributed by atoms with van der Waals surface area (Å²) in [6.07, 6.45) is 2.71. The molecule has 0 aromatic heterocycles. The molecular formula is C13H23NO2. The van der Waals surface area contributed by atoms with Crippen LogP contribution in [0.3, 0.4) is 0 Å². The van der Waals surface area contributed by atoms with E-state index in [-0.39, 0.29) is 17.4 Å². The summed E-state index contributed by atoms with van der Waals surface area (Å²) in [5, 5.41) is 9.82. The normalized spacial score (nSPS) is 34.2. The summed E-state index contributed by atoms with van der Waals surface area (Å²) >= 11 is 0. The quantitative estimate of drug-likeness (QED) is 0.776. The number of likely N-dealkylation sites (tertiary alicyclic amines) is 1. The van der Waals surface area contributed by atoms with Crippen molar-refractivity contribution in [2.75, 3.05) is 13.1 Å². The van der Waals surface area contributed by atoms with Gasteiger partial charge in [-0.25, -0.2) is 0 Å². The van der Waals surface area contributed by atoms with Crippen LogP contribution < -0.4 is 0 Å². The summed E-state index contributed by atoms with van der Waals surface area (Å²) in [6, 6.07) is 0. The molecule has 1 aliphatic heterocycles. The second kappa shape index (κ2) is 4.02. The minimum Gasteiger partial charge on any atom is -0.393 e. The zero-order valence-electron chi connectivity index (χ0n) is 10.6. The molecule has 2 fully saturated rings. The zero-order chi connectivity index (χ0) is 11.9. The maximum Gasteiger partial charge on any atom is 0.228 e. The number of carbonyl (C=O) groups is 1. The number of aliphatic hydroxyl groups excluding tert-OH is 1. The average Bonchev–Trinajstić information content (AvgIpc) is 2.80. The minimum atomic E-state index is -0.246. The monoisotopic (exact) mass is 225 g/mol. The molecule has 92 valence electrons. The Morgan fingerprint density at radius 3 is 2.62 bits per heavy atom. The Hall–Kier alpha value is -0.570. The van der Waals surface area contributed by atoms with E-state index in [1.165, 1.54) is 0 Å². The number of hydrogen-bond acceptors (Lipinski definition) is 2. The fourth-order valence-electron chi connectivity index (χ4n) is 2.98. The van der Waals surface area contributed by atoms with E-state index in [9.17, 15) is 9.90 Å². The molecular weight excluding hydrogens is 202 g/mol. The van der Waals surface area contributed by atoms with Crippen molar-refractivity contribution >= 4 is 5.91 Å². The number of hydrogen-bond donors (Lipinski definition) is 1. The van der Waals surface area contributed by atoms with Crippen molar-refractivity contribution in [2.24, 2.45) is 17.3 Å². The molecule has 16 heavy (non-hydrogen) atoms. The highest BCUT2D eigenvalue weighted by atomic mass is 16.3. The van der Waals surface area contributed by atoms with Gasteiger partial charge in [0.1, 0.15) is 0 Å². The third-order valence-corrected chi connectivity index (χ3v) is 4.57. The zero-order valence-corrected chi connectivity index (χ0v) is 10.6. The van der Waals surface area contributed by atoms with Crippen molar-refractivity contribution in [1.82, 2.24) is 4.90 Å². The summed E-state index contributed by atoms with van der Waals surface area (Å²) in [5.74, 6) is 1.15. The van der Waals surface area contributed by atoms with Crippen molar-refractivity contribution < 1.29 is 9.90 Å². The minimum absolute atomic E-state index is 0.174. The van der Waals surface area contributed by atoms with E-state index in [4.69, 9.17) is 0 Å². The first-order chi connectivity index (χ1) is 7.45. The molecule has 0 spiro atoms. The first-order valence-corrected chi connectivity index (χ1v) is 6.43. The predicted octanol–water partition coefficient (Wildman–Crippen LogP) is 1.65. The van der Waals surface area contributed by atoms with Gasteiger partial charge in [-0.3, -0.25) is 4.79 Å². The molecule has 1 heterocycles. The smallest absolute Gasteiger partial charge is 0.228 e. The highest BCUT2D eigenvalue weighted by Gasteiger charge is 2.45. The molecule has 1 N–H and O–H groups in total. The van der Waals surface area contributed by atoms with E-state index in [1.807, 2.05) is 18.7 Å². The molecule has 1 aliphatic carbocycles. The van der Waals surface area contributed by atoms with Gasteiger partial charge in [-0.1, -0.05) is 20.8 Å². The second-order valence-corrected chi connectivity index (χ2v) is 6.02. The lowest BCUT2D eigenvalue weighted by Crippen LogP contribution is -2.40. The van der Waals surface area contributed by atoms with Gasteiger partial charge < -0.3 is 10.0 Å². The van der Waals surface area contributed by atoms with Crippen molar-refractivity contribution in [3.05, 3.63) is 0 Å². The summed E-state index contributed by atoms with van der Waals surface area (Å²) in [4.78, 5) is 14.3. The average molecular weight is 225 g/mol. The van der Waals surface area contributed by atoms with Crippen molar-refractivity contribution in [2.45, 2.75) is 46.1 Å². The summed E-state index contributed by atoms with van der Waals surface area (Å²) in [5.41, 5.74) is -0.246.